The van der Waals surface area contributed by atoms with E-state index in [0.717, 1.165) is 6.26 Å². The number of hydrogen-bond acceptors (Lipinski definition) is 5. The van der Waals surface area contributed by atoms with E-state index in [1.807, 2.05) is 0 Å². The molecule has 4 rings (SSSR count). The first-order chi connectivity index (χ1) is 14.8. The fraction of sp³-hybridized carbons (Fsp3) is 0.0870. The summed E-state index contributed by atoms with van der Waals surface area (Å²) in [5, 5.41) is 0.599. The van der Waals surface area contributed by atoms with Gasteiger partial charge in [0, 0.05) is 11.8 Å². The molecule has 0 bridgehead atoms. The van der Waals surface area contributed by atoms with Crippen LogP contribution in [0.4, 0.5) is 8.78 Å². The molecule has 0 aliphatic rings. The van der Waals surface area contributed by atoms with Crippen LogP contribution in [0.25, 0.3) is 21.7 Å². The first kappa shape index (κ1) is 21.1. The smallest absolute Gasteiger partial charge is 0.176 e. The second-order valence-corrected chi connectivity index (χ2v) is 9.87. The molecule has 0 atom stereocenters. The average molecular weight is 458 g/mol. The lowest BCUT2D eigenvalue weighted by Gasteiger charge is -2.08. The van der Waals surface area contributed by atoms with E-state index in [-0.39, 0.29) is 23.1 Å². The van der Waals surface area contributed by atoms with Gasteiger partial charge in [-0.05, 0) is 48.0 Å². The molecule has 4 nitrogen and oxygen atoms in total. The zero-order valence-electron chi connectivity index (χ0n) is 16.4. The molecule has 0 radical (unpaired) electrons. The molecule has 31 heavy (non-hydrogen) atoms. The van der Waals surface area contributed by atoms with Crippen LogP contribution in [0.3, 0.4) is 0 Å². The summed E-state index contributed by atoms with van der Waals surface area (Å²) in [7, 11) is -3.50. The number of nitrogens with zero attached hydrogens (tertiary/aromatic N) is 1. The molecule has 0 aliphatic carbocycles. The predicted octanol–water partition coefficient (Wildman–Crippen LogP) is 5.74. The van der Waals surface area contributed by atoms with Crippen LogP contribution < -0.4 is 4.74 Å². The summed E-state index contributed by atoms with van der Waals surface area (Å²) in [6.07, 6.45) is 1.15. The monoisotopic (exact) mass is 457 g/mol. The average Bonchev–Trinajstić information content (AvgIpc) is 3.17. The Morgan fingerprint density at radius 3 is 2.16 bits per heavy atom. The van der Waals surface area contributed by atoms with Crippen molar-refractivity contribution in [3.05, 3.63) is 89.4 Å². The van der Waals surface area contributed by atoms with Crippen molar-refractivity contribution >= 4 is 21.2 Å². The molecule has 8 heteroatoms. The highest BCUT2D eigenvalue weighted by Crippen LogP contribution is 2.39. The topological polar surface area (TPSA) is 56.3 Å². The maximum atomic E-state index is 13.5. The van der Waals surface area contributed by atoms with Crippen LogP contribution in [-0.2, 0) is 16.4 Å². The minimum atomic E-state index is -3.50. The first-order valence-electron chi connectivity index (χ1n) is 9.25. The molecule has 3 aromatic carbocycles. The van der Waals surface area contributed by atoms with E-state index in [4.69, 9.17) is 4.74 Å². The molecule has 0 saturated carbocycles. The van der Waals surface area contributed by atoms with Crippen molar-refractivity contribution in [3.63, 3.8) is 0 Å². The van der Waals surface area contributed by atoms with Crippen LogP contribution in [-0.4, -0.2) is 19.7 Å². The van der Waals surface area contributed by atoms with E-state index in [1.165, 1.54) is 53.8 Å². The highest BCUT2D eigenvalue weighted by atomic mass is 32.2. The summed E-state index contributed by atoms with van der Waals surface area (Å²) in [6.45, 7) is 0.117. The molecule has 0 unspecified atom stereocenters. The molecule has 0 spiro atoms. The molecular formula is C23H17F2NO3S2. The Kier molecular flexibility index (Phi) is 5.84. The number of ether oxygens (including phenoxy) is 1. The van der Waals surface area contributed by atoms with Crippen molar-refractivity contribution in [1.82, 2.24) is 4.98 Å². The van der Waals surface area contributed by atoms with Crippen molar-refractivity contribution in [3.8, 4) is 27.4 Å². The van der Waals surface area contributed by atoms with Gasteiger partial charge in [0.25, 0.3) is 0 Å². The highest BCUT2D eigenvalue weighted by Gasteiger charge is 2.21. The van der Waals surface area contributed by atoms with Gasteiger partial charge in [-0.3, -0.25) is 0 Å². The van der Waals surface area contributed by atoms with E-state index in [2.05, 4.69) is 4.98 Å². The van der Waals surface area contributed by atoms with Gasteiger partial charge in [-0.25, -0.2) is 22.2 Å². The minimum Gasteiger partial charge on any atom is -0.486 e. The maximum Gasteiger partial charge on any atom is 0.176 e. The van der Waals surface area contributed by atoms with Crippen LogP contribution in [0.5, 0.6) is 5.75 Å². The van der Waals surface area contributed by atoms with Crippen LogP contribution in [0, 0.1) is 11.6 Å². The number of hydrogen-bond donors (Lipinski definition) is 0. The molecule has 0 saturated heterocycles. The van der Waals surface area contributed by atoms with Crippen molar-refractivity contribution in [2.45, 2.75) is 11.5 Å². The van der Waals surface area contributed by atoms with Gasteiger partial charge in [0.05, 0.1) is 15.5 Å². The third-order valence-electron chi connectivity index (χ3n) is 4.50. The van der Waals surface area contributed by atoms with Gasteiger partial charge >= 0.3 is 0 Å². The fourth-order valence-electron chi connectivity index (χ4n) is 3.07. The molecule has 1 heterocycles. The van der Waals surface area contributed by atoms with Crippen molar-refractivity contribution < 1.29 is 21.9 Å². The van der Waals surface area contributed by atoms with Gasteiger partial charge in [-0.1, -0.05) is 30.3 Å². The van der Waals surface area contributed by atoms with Gasteiger partial charge in [0.2, 0.25) is 0 Å². The minimum absolute atomic E-state index is 0.117. The van der Waals surface area contributed by atoms with Crippen molar-refractivity contribution in [1.29, 1.82) is 0 Å². The lowest BCUT2D eigenvalue weighted by Crippen LogP contribution is -2.00. The van der Waals surface area contributed by atoms with E-state index >= 15 is 0 Å². The zero-order valence-corrected chi connectivity index (χ0v) is 18.0. The summed E-state index contributed by atoms with van der Waals surface area (Å²) in [5.41, 5.74) is 1.66. The number of halogens is 2. The SMILES string of the molecule is CS(=O)(=O)c1ccccc1-c1nc(COc2ccc(F)cc2)sc1-c1ccc(F)cc1. The Balaban J connectivity index is 1.78. The number of benzene rings is 3. The lowest BCUT2D eigenvalue weighted by molar-refractivity contribution is 0.305. The maximum absolute atomic E-state index is 13.5. The molecule has 0 amide bonds. The number of rotatable bonds is 6. The van der Waals surface area contributed by atoms with Crippen molar-refractivity contribution in [2.75, 3.05) is 6.26 Å². The number of aromatic nitrogens is 1. The van der Waals surface area contributed by atoms with Crippen LogP contribution in [0.15, 0.2) is 77.7 Å². The van der Waals surface area contributed by atoms with E-state index in [9.17, 15) is 17.2 Å². The first-order valence-corrected chi connectivity index (χ1v) is 12.0. The summed E-state index contributed by atoms with van der Waals surface area (Å²) < 4.78 is 56.9. The molecule has 0 aliphatic heterocycles. The summed E-state index contributed by atoms with van der Waals surface area (Å²) in [5.74, 6) is -0.246. The Bertz CT molecular complexity index is 1320. The Hall–Kier alpha value is -3.10. The van der Waals surface area contributed by atoms with Gasteiger partial charge in [0.15, 0.2) is 9.84 Å². The third kappa shape index (κ3) is 4.81. The Morgan fingerprint density at radius 2 is 1.52 bits per heavy atom. The normalized spacial score (nSPS) is 11.5. The highest BCUT2D eigenvalue weighted by molar-refractivity contribution is 7.90. The van der Waals surface area contributed by atoms with Gasteiger partial charge in [0.1, 0.15) is 29.0 Å². The summed E-state index contributed by atoms with van der Waals surface area (Å²) >= 11 is 1.33. The summed E-state index contributed by atoms with van der Waals surface area (Å²) in [4.78, 5) is 5.51. The largest absolute Gasteiger partial charge is 0.486 e. The van der Waals surface area contributed by atoms with E-state index in [0.29, 0.717) is 32.5 Å². The standard InChI is InChI=1S/C23H17F2NO3S2/c1-31(27,28)20-5-3-2-4-19(20)22-23(15-6-8-16(24)9-7-15)30-21(26-22)14-29-18-12-10-17(25)11-13-18/h2-13H,14H2,1H3. The Labute approximate surface area is 182 Å². The molecule has 0 N–H and O–H groups in total. The van der Waals surface area contributed by atoms with Crippen LogP contribution in [0.2, 0.25) is 0 Å². The summed E-state index contributed by atoms with van der Waals surface area (Å²) in [6, 6.07) is 18.2. The quantitative estimate of drug-likeness (QED) is 0.371. The predicted molar refractivity (Wildman–Crippen MR) is 117 cm³/mol. The van der Waals surface area contributed by atoms with E-state index in [1.54, 1.807) is 30.3 Å². The second-order valence-electron chi connectivity index (χ2n) is 6.80. The second kappa shape index (κ2) is 8.56. The van der Waals surface area contributed by atoms with E-state index < -0.39 is 9.84 Å². The third-order valence-corrected chi connectivity index (χ3v) is 6.73. The number of sulfone groups is 1. The fourth-order valence-corrected chi connectivity index (χ4v) is 4.95. The molecule has 1 aromatic heterocycles. The van der Waals surface area contributed by atoms with Crippen LogP contribution >= 0.6 is 11.3 Å². The zero-order chi connectivity index (χ0) is 22.0. The molecule has 158 valence electrons. The van der Waals surface area contributed by atoms with Gasteiger partial charge in [-0.2, -0.15) is 0 Å². The molecule has 4 aromatic rings. The molecular weight excluding hydrogens is 440 g/mol. The Morgan fingerprint density at radius 1 is 0.903 bits per heavy atom. The number of thiazole rings is 1. The van der Waals surface area contributed by atoms with Gasteiger partial charge in [-0.15, -0.1) is 11.3 Å². The van der Waals surface area contributed by atoms with Gasteiger partial charge < -0.3 is 4.74 Å². The van der Waals surface area contributed by atoms with Crippen molar-refractivity contribution in [2.24, 2.45) is 0 Å². The van der Waals surface area contributed by atoms with Crippen LogP contribution in [0.1, 0.15) is 5.01 Å². The lowest BCUT2D eigenvalue weighted by atomic mass is 10.1. The molecule has 0 fully saturated rings.